The van der Waals surface area contributed by atoms with Crippen LogP contribution in [0.5, 0.6) is 5.75 Å². The molecule has 1 rings (SSSR count). The number of carbonyl (C=O) groups is 1. The van der Waals surface area contributed by atoms with Crippen molar-refractivity contribution < 1.29 is 14.3 Å². The second kappa shape index (κ2) is 7.95. The van der Waals surface area contributed by atoms with E-state index < -0.39 is 0 Å². The third-order valence-corrected chi connectivity index (χ3v) is 2.80. The van der Waals surface area contributed by atoms with E-state index in [1.54, 1.807) is 7.11 Å². The van der Waals surface area contributed by atoms with Crippen LogP contribution in [-0.2, 0) is 16.1 Å². The number of esters is 1. The quantitative estimate of drug-likeness (QED) is 0.611. The van der Waals surface area contributed by atoms with Crippen LogP contribution in [0.15, 0.2) is 18.2 Å². The van der Waals surface area contributed by atoms with Gasteiger partial charge in [0.15, 0.2) is 0 Å². The number of nitrogens with one attached hydrogen (secondary N) is 1. The first-order chi connectivity index (χ1) is 8.67. The maximum atomic E-state index is 10.9. The molecule has 18 heavy (non-hydrogen) atoms. The normalized spacial score (nSPS) is 10.2. The van der Waals surface area contributed by atoms with Crippen LogP contribution in [-0.4, -0.2) is 26.7 Å². The van der Waals surface area contributed by atoms with E-state index in [1.165, 1.54) is 7.11 Å². The molecule has 0 bridgehead atoms. The molecule has 0 aliphatic heterocycles. The van der Waals surface area contributed by atoms with Crippen LogP contribution in [0.25, 0.3) is 0 Å². The van der Waals surface area contributed by atoms with Crippen molar-refractivity contribution in [1.29, 1.82) is 0 Å². The monoisotopic (exact) mass is 271 g/mol. The minimum Gasteiger partial charge on any atom is -0.495 e. The van der Waals surface area contributed by atoms with Gasteiger partial charge in [-0.15, -0.1) is 0 Å². The third kappa shape index (κ3) is 4.94. The van der Waals surface area contributed by atoms with Crippen molar-refractivity contribution in [1.82, 2.24) is 5.32 Å². The Morgan fingerprint density at radius 2 is 2.17 bits per heavy atom. The van der Waals surface area contributed by atoms with Gasteiger partial charge in [0.25, 0.3) is 0 Å². The third-order valence-electron chi connectivity index (χ3n) is 2.51. The van der Waals surface area contributed by atoms with Crippen LogP contribution >= 0.6 is 11.6 Å². The predicted octanol–water partition coefficient (Wildman–Crippen LogP) is 2.39. The zero-order chi connectivity index (χ0) is 13.4. The van der Waals surface area contributed by atoms with Crippen molar-refractivity contribution in [3.05, 3.63) is 28.8 Å². The van der Waals surface area contributed by atoms with E-state index in [0.29, 0.717) is 23.7 Å². The number of rotatable bonds is 7. The SMILES string of the molecule is COC(=O)CCCNCc1ccc(OC)c(Cl)c1. The highest BCUT2D eigenvalue weighted by molar-refractivity contribution is 6.32. The molecule has 0 spiro atoms. The summed E-state index contributed by atoms with van der Waals surface area (Å²) in [5.74, 6) is 0.496. The lowest BCUT2D eigenvalue weighted by Gasteiger charge is -2.07. The Kier molecular flexibility index (Phi) is 6.54. The van der Waals surface area contributed by atoms with E-state index in [9.17, 15) is 4.79 Å². The average molecular weight is 272 g/mol. The van der Waals surface area contributed by atoms with E-state index in [2.05, 4.69) is 10.1 Å². The first-order valence-electron chi connectivity index (χ1n) is 5.77. The first kappa shape index (κ1) is 14.8. The lowest BCUT2D eigenvalue weighted by molar-refractivity contribution is -0.140. The summed E-state index contributed by atoms with van der Waals surface area (Å²) in [6, 6.07) is 5.67. The van der Waals surface area contributed by atoms with Crippen LogP contribution in [0.3, 0.4) is 0 Å². The highest BCUT2D eigenvalue weighted by Crippen LogP contribution is 2.24. The molecule has 0 aliphatic carbocycles. The number of ether oxygens (including phenoxy) is 2. The van der Waals surface area contributed by atoms with E-state index in [-0.39, 0.29) is 5.97 Å². The molecule has 0 atom stereocenters. The van der Waals surface area contributed by atoms with Crippen LogP contribution in [0.1, 0.15) is 18.4 Å². The summed E-state index contributed by atoms with van der Waals surface area (Å²) in [4.78, 5) is 10.9. The van der Waals surface area contributed by atoms with Crippen molar-refractivity contribution in [2.24, 2.45) is 0 Å². The predicted molar refractivity (Wildman–Crippen MR) is 71.0 cm³/mol. The number of hydrogen-bond acceptors (Lipinski definition) is 4. The van der Waals surface area contributed by atoms with Crippen LogP contribution in [0.2, 0.25) is 5.02 Å². The van der Waals surface area contributed by atoms with Crippen molar-refractivity contribution >= 4 is 17.6 Å². The molecule has 1 N–H and O–H groups in total. The molecule has 0 heterocycles. The fourth-order valence-corrected chi connectivity index (χ4v) is 1.79. The van der Waals surface area contributed by atoms with Crippen LogP contribution in [0, 0.1) is 0 Å². The van der Waals surface area contributed by atoms with Gasteiger partial charge in [-0.2, -0.15) is 0 Å². The van der Waals surface area contributed by atoms with Crippen LogP contribution in [0.4, 0.5) is 0 Å². The average Bonchev–Trinajstić information content (AvgIpc) is 2.38. The largest absolute Gasteiger partial charge is 0.495 e. The van der Waals surface area contributed by atoms with Gasteiger partial charge in [0.1, 0.15) is 5.75 Å². The smallest absolute Gasteiger partial charge is 0.305 e. The molecule has 0 fully saturated rings. The first-order valence-corrected chi connectivity index (χ1v) is 6.15. The lowest BCUT2D eigenvalue weighted by Crippen LogP contribution is -2.16. The summed E-state index contributed by atoms with van der Waals surface area (Å²) in [5, 5.41) is 3.84. The molecular weight excluding hydrogens is 254 g/mol. The summed E-state index contributed by atoms with van der Waals surface area (Å²) in [7, 11) is 2.99. The highest BCUT2D eigenvalue weighted by atomic mass is 35.5. The Bertz CT molecular complexity index is 396. The fourth-order valence-electron chi connectivity index (χ4n) is 1.51. The molecule has 0 aliphatic rings. The van der Waals surface area contributed by atoms with E-state index in [4.69, 9.17) is 16.3 Å². The summed E-state index contributed by atoms with van der Waals surface area (Å²) < 4.78 is 9.64. The number of methoxy groups -OCH3 is 2. The number of benzene rings is 1. The standard InChI is InChI=1S/C13H18ClNO3/c1-17-12-6-5-10(8-11(12)14)9-15-7-3-4-13(16)18-2/h5-6,8,15H,3-4,7,9H2,1-2H3. The number of carbonyl (C=O) groups excluding carboxylic acids is 1. The molecule has 4 nitrogen and oxygen atoms in total. The zero-order valence-corrected chi connectivity index (χ0v) is 11.4. The van der Waals surface area contributed by atoms with Crippen molar-refractivity contribution in [3.63, 3.8) is 0 Å². The molecule has 100 valence electrons. The Morgan fingerprint density at radius 3 is 2.78 bits per heavy atom. The van der Waals surface area contributed by atoms with Crippen molar-refractivity contribution in [3.8, 4) is 5.75 Å². The van der Waals surface area contributed by atoms with Crippen LogP contribution < -0.4 is 10.1 Å². The van der Waals surface area contributed by atoms with E-state index >= 15 is 0 Å². The number of hydrogen-bond donors (Lipinski definition) is 1. The molecular formula is C13H18ClNO3. The van der Waals surface area contributed by atoms with Gasteiger partial charge >= 0.3 is 5.97 Å². The fraction of sp³-hybridized carbons (Fsp3) is 0.462. The zero-order valence-electron chi connectivity index (χ0n) is 10.7. The molecule has 0 amide bonds. The Balaban J connectivity index is 2.27. The van der Waals surface area contributed by atoms with Gasteiger partial charge in [0.05, 0.1) is 19.2 Å². The second-order valence-electron chi connectivity index (χ2n) is 3.83. The van der Waals surface area contributed by atoms with Crippen molar-refractivity contribution in [2.75, 3.05) is 20.8 Å². The Labute approximate surface area is 112 Å². The van der Waals surface area contributed by atoms with Gasteiger partial charge in [-0.3, -0.25) is 4.79 Å². The van der Waals surface area contributed by atoms with Gasteiger partial charge in [-0.25, -0.2) is 0 Å². The lowest BCUT2D eigenvalue weighted by atomic mass is 10.2. The molecule has 1 aromatic rings. The molecule has 0 radical (unpaired) electrons. The molecule has 0 saturated carbocycles. The molecule has 0 saturated heterocycles. The topological polar surface area (TPSA) is 47.6 Å². The summed E-state index contributed by atoms with van der Waals surface area (Å²) >= 11 is 6.02. The van der Waals surface area contributed by atoms with Gasteiger partial charge in [-0.05, 0) is 30.7 Å². The van der Waals surface area contributed by atoms with Gasteiger partial charge in [0.2, 0.25) is 0 Å². The van der Waals surface area contributed by atoms with E-state index in [1.807, 2.05) is 18.2 Å². The van der Waals surface area contributed by atoms with Crippen molar-refractivity contribution in [2.45, 2.75) is 19.4 Å². The molecule has 0 unspecified atom stereocenters. The number of halogens is 1. The summed E-state index contributed by atoms with van der Waals surface area (Å²) in [6.07, 6.45) is 1.20. The highest BCUT2D eigenvalue weighted by Gasteiger charge is 2.02. The van der Waals surface area contributed by atoms with Gasteiger partial charge in [-0.1, -0.05) is 17.7 Å². The van der Waals surface area contributed by atoms with Gasteiger partial charge < -0.3 is 14.8 Å². The minimum atomic E-state index is -0.177. The summed E-state index contributed by atoms with van der Waals surface area (Å²) in [5.41, 5.74) is 1.08. The van der Waals surface area contributed by atoms with E-state index in [0.717, 1.165) is 18.5 Å². The summed E-state index contributed by atoms with van der Waals surface area (Å²) in [6.45, 7) is 1.48. The van der Waals surface area contributed by atoms with Gasteiger partial charge in [0, 0.05) is 13.0 Å². The molecule has 5 heteroatoms. The second-order valence-corrected chi connectivity index (χ2v) is 4.23. The molecule has 0 aromatic heterocycles. The molecule has 1 aromatic carbocycles. The maximum absolute atomic E-state index is 10.9. The maximum Gasteiger partial charge on any atom is 0.305 e. The Hall–Kier alpha value is -1.26. The minimum absolute atomic E-state index is 0.177. The Morgan fingerprint density at radius 1 is 1.39 bits per heavy atom.